The van der Waals surface area contributed by atoms with Crippen molar-refractivity contribution >= 4 is 41.2 Å². The van der Waals surface area contributed by atoms with Gasteiger partial charge in [-0.25, -0.2) is 0 Å². The van der Waals surface area contributed by atoms with Gasteiger partial charge in [-0.05, 0) is 18.2 Å². The Kier molecular flexibility index (Phi) is 5.00. The summed E-state index contributed by atoms with van der Waals surface area (Å²) in [6.45, 7) is -0.431. The Labute approximate surface area is 108 Å². The fraction of sp³-hybridized carbons (Fsp3) is 0.0909. The van der Waals surface area contributed by atoms with Crippen molar-refractivity contribution in [2.24, 2.45) is 0 Å². The van der Waals surface area contributed by atoms with Crippen molar-refractivity contribution in [3.05, 3.63) is 39.9 Å². The summed E-state index contributed by atoms with van der Waals surface area (Å²) in [6.07, 6.45) is 2.61. The van der Waals surface area contributed by atoms with E-state index in [9.17, 15) is 9.59 Å². The lowest BCUT2D eigenvalue weighted by Crippen LogP contribution is -2.27. The van der Waals surface area contributed by atoms with Crippen LogP contribution in [0.25, 0.3) is 6.08 Å². The molecule has 0 unspecified atom stereocenters. The first-order chi connectivity index (χ1) is 8.00. The third kappa shape index (κ3) is 4.46. The highest BCUT2D eigenvalue weighted by Crippen LogP contribution is 2.25. The van der Waals surface area contributed by atoms with E-state index in [4.69, 9.17) is 28.3 Å². The SMILES string of the molecule is O=C(O)CNC(=O)C=Cc1c(Cl)cccc1Cl. The monoisotopic (exact) mass is 273 g/mol. The number of carboxylic acid groups (broad SMARTS) is 1. The molecule has 4 nitrogen and oxygen atoms in total. The zero-order chi connectivity index (χ0) is 12.8. The van der Waals surface area contributed by atoms with Crippen LogP contribution >= 0.6 is 23.2 Å². The van der Waals surface area contributed by atoms with Gasteiger partial charge in [0.1, 0.15) is 6.54 Å². The van der Waals surface area contributed by atoms with E-state index in [-0.39, 0.29) is 0 Å². The Morgan fingerprint density at radius 3 is 2.41 bits per heavy atom. The summed E-state index contributed by atoms with van der Waals surface area (Å²) in [6, 6.07) is 4.97. The average Bonchev–Trinajstić information content (AvgIpc) is 2.25. The molecule has 0 radical (unpaired) electrons. The normalized spacial score (nSPS) is 10.5. The lowest BCUT2D eigenvalue weighted by atomic mass is 10.2. The molecule has 1 amide bonds. The molecule has 0 saturated heterocycles. The number of amides is 1. The first kappa shape index (κ1) is 13.5. The quantitative estimate of drug-likeness (QED) is 0.827. The van der Waals surface area contributed by atoms with Gasteiger partial charge in [-0.2, -0.15) is 0 Å². The lowest BCUT2D eigenvalue weighted by molar-refractivity contribution is -0.137. The number of carboxylic acids is 1. The van der Waals surface area contributed by atoms with E-state index in [1.165, 1.54) is 12.2 Å². The zero-order valence-electron chi connectivity index (χ0n) is 8.61. The van der Waals surface area contributed by atoms with Crippen molar-refractivity contribution in [2.45, 2.75) is 0 Å². The van der Waals surface area contributed by atoms with Gasteiger partial charge in [-0.15, -0.1) is 0 Å². The Morgan fingerprint density at radius 1 is 1.29 bits per heavy atom. The van der Waals surface area contributed by atoms with Crippen LogP contribution in [0.1, 0.15) is 5.56 Å². The number of halogens is 2. The molecule has 6 heteroatoms. The molecule has 1 aromatic carbocycles. The van der Waals surface area contributed by atoms with E-state index in [1.807, 2.05) is 0 Å². The van der Waals surface area contributed by atoms with Gasteiger partial charge in [0, 0.05) is 21.7 Å². The summed E-state index contributed by atoms with van der Waals surface area (Å²) in [5.74, 6) is -1.63. The van der Waals surface area contributed by atoms with Crippen molar-refractivity contribution in [3.8, 4) is 0 Å². The molecule has 2 N–H and O–H groups in total. The van der Waals surface area contributed by atoms with Gasteiger partial charge in [-0.3, -0.25) is 9.59 Å². The minimum atomic E-state index is -1.11. The maximum atomic E-state index is 11.2. The van der Waals surface area contributed by atoms with Gasteiger partial charge in [-0.1, -0.05) is 29.3 Å². The fourth-order valence-corrected chi connectivity index (χ4v) is 1.57. The van der Waals surface area contributed by atoms with Crippen molar-refractivity contribution in [1.29, 1.82) is 0 Å². The molecule has 0 fully saturated rings. The van der Waals surface area contributed by atoms with Crippen LogP contribution in [0.3, 0.4) is 0 Å². The molecule has 0 saturated carbocycles. The maximum Gasteiger partial charge on any atom is 0.322 e. The van der Waals surface area contributed by atoms with E-state index in [2.05, 4.69) is 5.32 Å². The van der Waals surface area contributed by atoms with Crippen LogP contribution in [0, 0.1) is 0 Å². The summed E-state index contributed by atoms with van der Waals surface area (Å²) in [4.78, 5) is 21.4. The molecule has 0 heterocycles. The Hall–Kier alpha value is -1.52. The molecule has 0 spiro atoms. The molecular weight excluding hydrogens is 265 g/mol. The number of rotatable bonds is 4. The number of benzene rings is 1. The molecule has 1 rings (SSSR count). The summed E-state index contributed by atoms with van der Waals surface area (Å²) >= 11 is 11.8. The molecule has 1 aromatic rings. The second-order valence-corrected chi connectivity index (χ2v) is 3.89. The van der Waals surface area contributed by atoms with Crippen LogP contribution < -0.4 is 5.32 Å². The second kappa shape index (κ2) is 6.27. The van der Waals surface area contributed by atoms with E-state index in [0.717, 1.165) is 0 Å². The van der Waals surface area contributed by atoms with Crippen LogP contribution in [0.2, 0.25) is 10.0 Å². The van der Waals surface area contributed by atoms with Crippen LogP contribution in [0.15, 0.2) is 24.3 Å². The summed E-state index contributed by atoms with van der Waals surface area (Å²) in [5.41, 5.74) is 0.515. The number of nitrogens with one attached hydrogen (secondary N) is 1. The highest BCUT2D eigenvalue weighted by molar-refractivity contribution is 6.37. The number of hydrogen-bond donors (Lipinski definition) is 2. The van der Waals surface area contributed by atoms with Crippen LogP contribution in [-0.2, 0) is 9.59 Å². The molecule has 90 valence electrons. The van der Waals surface area contributed by atoms with Crippen LogP contribution in [-0.4, -0.2) is 23.5 Å². The Morgan fingerprint density at radius 2 is 1.88 bits per heavy atom. The summed E-state index contributed by atoms with van der Waals surface area (Å²) in [7, 11) is 0. The smallest absolute Gasteiger partial charge is 0.322 e. The van der Waals surface area contributed by atoms with E-state index in [1.54, 1.807) is 18.2 Å². The molecule has 0 aromatic heterocycles. The van der Waals surface area contributed by atoms with E-state index < -0.39 is 18.4 Å². The molecule has 0 aliphatic carbocycles. The second-order valence-electron chi connectivity index (χ2n) is 3.08. The predicted octanol–water partition coefficient (Wildman–Crippen LogP) is 2.21. The van der Waals surface area contributed by atoms with Gasteiger partial charge in [0.05, 0.1) is 0 Å². The Bertz CT molecular complexity index is 452. The molecule has 0 atom stereocenters. The number of aliphatic carboxylic acids is 1. The average molecular weight is 274 g/mol. The van der Waals surface area contributed by atoms with E-state index >= 15 is 0 Å². The van der Waals surface area contributed by atoms with Gasteiger partial charge in [0.15, 0.2) is 0 Å². The fourth-order valence-electron chi connectivity index (χ4n) is 1.05. The highest BCUT2D eigenvalue weighted by Gasteiger charge is 2.03. The molecular formula is C11H9Cl2NO3. The third-order valence-corrected chi connectivity index (χ3v) is 2.47. The largest absolute Gasteiger partial charge is 0.480 e. The van der Waals surface area contributed by atoms with Crippen molar-refractivity contribution in [2.75, 3.05) is 6.54 Å². The van der Waals surface area contributed by atoms with Crippen molar-refractivity contribution < 1.29 is 14.7 Å². The first-order valence-corrected chi connectivity index (χ1v) is 5.38. The standard InChI is InChI=1S/C11H9Cl2NO3/c12-8-2-1-3-9(13)7(8)4-5-10(15)14-6-11(16)17/h1-5H,6H2,(H,14,15)(H,16,17). The molecule has 0 aliphatic heterocycles. The van der Waals surface area contributed by atoms with Gasteiger partial charge >= 0.3 is 5.97 Å². The van der Waals surface area contributed by atoms with E-state index in [0.29, 0.717) is 15.6 Å². The molecule has 0 aliphatic rings. The zero-order valence-corrected chi connectivity index (χ0v) is 10.1. The number of hydrogen-bond acceptors (Lipinski definition) is 2. The lowest BCUT2D eigenvalue weighted by Gasteiger charge is -2.01. The summed E-state index contributed by atoms with van der Waals surface area (Å²) < 4.78 is 0. The minimum Gasteiger partial charge on any atom is -0.480 e. The third-order valence-electron chi connectivity index (χ3n) is 1.81. The van der Waals surface area contributed by atoms with Gasteiger partial charge in [0.25, 0.3) is 0 Å². The Balaban J connectivity index is 2.70. The maximum absolute atomic E-state index is 11.2. The predicted molar refractivity (Wildman–Crippen MR) is 66.1 cm³/mol. The number of carbonyl (C=O) groups excluding carboxylic acids is 1. The van der Waals surface area contributed by atoms with Crippen LogP contribution in [0.5, 0.6) is 0 Å². The molecule has 17 heavy (non-hydrogen) atoms. The molecule has 0 bridgehead atoms. The van der Waals surface area contributed by atoms with Crippen LogP contribution in [0.4, 0.5) is 0 Å². The first-order valence-electron chi connectivity index (χ1n) is 4.62. The van der Waals surface area contributed by atoms with Gasteiger partial charge < -0.3 is 10.4 Å². The minimum absolute atomic E-state index is 0.416. The summed E-state index contributed by atoms with van der Waals surface area (Å²) in [5, 5.41) is 11.4. The topological polar surface area (TPSA) is 66.4 Å². The highest BCUT2D eigenvalue weighted by atomic mass is 35.5. The van der Waals surface area contributed by atoms with Crippen molar-refractivity contribution in [3.63, 3.8) is 0 Å². The number of carbonyl (C=O) groups is 2. The van der Waals surface area contributed by atoms with Crippen molar-refractivity contribution in [1.82, 2.24) is 5.32 Å². The van der Waals surface area contributed by atoms with Gasteiger partial charge in [0.2, 0.25) is 5.91 Å².